The molecule has 0 radical (unpaired) electrons. The standard InChI is InChI=1S/C16H12ClNO4/c17-11-4-3-9(6-10(11)16(21)22)18-14(19)12-7-1-2-8(5-7)13(12)15(18)20/h1-4,6-8,12-13H,5H2,(H,21,22)/p-1/t7-,8-,12-,13-/m0/s1. The summed E-state index contributed by atoms with van der Waals surface area (Å²) in [6.45, 7) is 0. The number of imide groups is 1. The van der Waals surface area contributed by atoms with Gasteiger partial charge in [0, 0.05) is 10.6 Å². The van der Waals surface area contributed by atoms with Crippen molar-refractivity contribution in [3.05, 3.63) is 40.9 Å². The van der Waals surface area contributed by atoms with Crippen molar-refractivity contribution >= 4 is 35.1 Å². The van der Waals surface area contributed by atoms with Crippen molar-refractivity contribution in [3.8, 4) is 0 Å². The van der Waals surface area contributed by atoms with Gasteiger partial charge in [-0.3, -0.25) is 9.59 Å². The van der Waals surface area contributed by atoms with Crippen LogP contribution in [0, 0.1) is 23.7 Å². The van der Waals surface area contributed by atoms with E-state index in [0.717, 1.165) is 11.3 Å². The lowest BCUT2D eigenvalue weighted by Crippen LogP contribution is -2.33. The lowest BCUT2D eigenvalue weighted by atomic mass is 9.85. The number of rotatable bonds is 2. The van der Waals surface area contributed by atoms with E-state index in [-0.39, 0.29) is 51.8 Å². The Balaban J connectivity index is 1.76. The second-order valence-corrected chi connectivity index (χ2v) is 6.37. The van der Waals surface area contributed by atoms with Crippen molar-refractivity contribution in [3.63, 3.8) is 0 Å². The molecule has 0 unspecified atom stereocenters. The number of carbonyl (C=O) groups excluding carboxylic acids is 3. The van der Waals surface area contributed by atoms with Crippen molar-refractivity contribution in [2.45, 2.75) is 6.42 Å². The van der Waals surface area contributed by atoms with Gasteiger partial charge in [-0.25, -0.2) is 4.90 Å². The van der Waals surface area contributed by atoms with Gasteiger partial charge in [-0.1, -0.05) is 23.8 Å². The molecular weight excluding hydrogens is 306 g/mol. The number of allylic oxidation sites excluding steroid dienone is 2. The van der Waals surface area contributed by atoms with Gasteiger partial charge in [0.25, 0.3) is 0 Å². The predicted octanol–water partition coefficient (Wildman–Crippen LogP) is 1.01. The highest BCUT2D eigenvalue weighted by atomic mass is 35.5. The summed E-state index contributed by atoms with van der Waals surface area (Å²) in [6.07, 6.45) is 4.87. The molecule has 4 rings (SSSR count). The lowest BCUT2D eigenvalue weighted by molar-refractivity contribution is -0.255. The number of fused-ring (bicyclic) bond motifs is 5. The van der Waals surface area contributed by atoms with Crippen LogP contribution in [0.3, 0.4) is 0 Å². The molecule has 2 bridgehead atoms. The molecule has 0 spiro atoms. The molecule has 22 heavy (non-hydrogen) atoms. The summed E-state index contributed by atoms with van der Waals surface area (Å²) >= 11 is 5.80. The quantitative estimate of drug-likeness (QED) is 0.603. The Morgan fingerprint density at radius 1 is 1.14 bits per heavy atom. The second kappa shape index (κ2) is 4.43. The Kier molecular flexibility index (Phi) is 2.72. The zero-order chi connectivity index (χ0) is 15.6. The van der Waals surface area contributed by atoms with Crippen LogP contribution in [-0.4, -0.2) is 17.8 Å². The predicted molar refractivity (Wildman–Crippen MR) is 76.0 cm³/mol. The van der Waals surface area contributed by atoms with Gasteiger partial charge >= 0.3 is 0 Å². The van der Waals surface area contributed by atoms with Crippen LogP contribution in [0.4, 0.5) is 5.69 Å². The number of amides is 2. The zero-order valence-electron chi connectivity index (χ0n) is 11.4. The molecule has 2 aliphatic carbocycles. The van der Waals surface area contributed by atoms with Gasteiger partial charge in [-0.2, -0.15) is 0 Å². The monoisotopic (exact) mass is 316 g/mol. The maximum Gasteiger partial charge on any atom is 0.238 e. The highest BCUT2D eigenvalue weighted by Gasteiger charge is 2.59. The number of carboxylic acid groups (broad SMARTS) is 1. The minimum atomic E-state index is -1.44. The molecule has 2 fully saturated rings. The van der Waals surface area contributed by atoms with Gasteiger partial charge in [0.1, 0.15) is 0 Å². The Labute approximate surface area is 131 Å². The summed E-state index contributed by atoms with van der Waals surface area (Å²) in [5.41, 5.74) is 0.0188. The van der Waals surface area contributed by atoms with Crippen LogP contribution in [-0.2, 0) is 9.59 Å². The lowest BCUT2D eigenvalue weighted by Gasteiger charge is -2.18. The number of halogens is 1. The van der Waals surface area contributed by atoms with Gasteiger partial charge in [-0.05, 0) is 36.5 Å². The molecule has 1 aliphatic heterocycles. The number of aromatic carboxylic acids is 1. The molecule has 1 saturated carbocycles. The average Bonchev–Trinajstić information content (AvgIpc) is 3.14. The van der Waals surface area contributed by atoms with Gasteiger partial charge in [0.15, 0.2) is 0 Å². The summed E-state index contributed by atoms with van der Waals surface area (Å²) in [6, 6.07) is 4.08. The van der Waals surface area contributed by atoms with E-state index in [1.54, 1.807) is 0 Å². The SMILES string of the molecule is O=C([O-])c1cc(N2C(=O)[C@@H]3[C@@H](C2=O)[C@H]2C=C[C@H]3C2)ccc1Cl. The Hall–Kier alpha value is -2.14. The maximum atomic E-state index is 12.6. The first-order chi connectivity index (χ1) is 10.5. The fourth-order valence-electron chi connectivity index (χ4n) is 3.97. The van der Waals surface area contributed by atoms with E-state index in [2.05, 4.69) is 0 Å². The number of carbonyl (C=O) groups is 3. The molecule has 1 aromatic rings. The van der Waals surface area contributed by atoms with E-state index < -0.39 is 5.97 Å². The molecule has 6 heteroatoms. The summed E-state index contributed by atoms with van der Waals surface area (Å²) in [7, 11) is 0. The minimum absolute atomic E-state index is 0.0183. The maximum absolute atomic E-state index is 12.6. The fraction of sp³-hybridized carbons (Fsp3) is 0.312. The molecule has 3 aliphatic rings. The van der Waals surface area contributed by atoms with E-state index in [1.807, 2.05) is 12.2 Å². The molecular formula is C16H11ClNO4-. The molecule has 1 heterocycles. The van der Waals surface area contributed by atoms with Crippen LogP contribution < -0.4 is 10.0 Å². The van der Waals surface area contributed by atoms with E-state index in [4.69, 9.17) is 11.6 Å². The van der Waals surface area contributed by atoms with Gasteiger partial charge in [0.05, 0.1) is 23.5 Å². The Morgan fingerprint density at radius 2 is 1.73 bits per heavy atom. The molecule has 2 amide bonds. The number of hydrogen-bond acceptors (Lipinski definition) is 4. The number of benzene rings is 1. The highest BCUT2D eigenvalue weighted by molar-refractivity contribution is 6.33. The van der Waals surface area contributed by atoms with Crippen LogP contribution in [0.2, 0.25) is 5.02 Å². The van der Waals surface area contributed by atoms with Crippen molar-refractivity contribution < 1.29 is 19.5 Å². The third kappa shape index (κ3) is 1.63. The van der Waals surface area contributed by atoms with Crippen molar-refractivity contribution in [1.29, 1.82) is 0 Å². The number of anilines is 1. The van der Waals surface area contributed by atoms with Crippen molar-refractivity contribution in [1.82, 2.24) is 0 Å². The average molecular weight is 317 g/mol. The van der Waals surface area contributed by atoms with Crippen LogP contribution >= 0.6 is 11.6 Å². The molecule has 0 aromatic heterocycles. The number of nitrogens with zero attached hydrogens (tertiary/aromatic N) is 1. The van der Waals surface area contributed by atoms with Crippen LogP contribution in [0.15, 0.2) is 30.4 Å². The van der Waals surface area contributed by atoms with E-state index in [0.29, 0.717) is 0 Å². The van der Waals surface area contributed by atoms with Gasteiger partial charge in [-0.15, -0.1) is 0 Å². The first kappa shape index (κ1) is 13.5. The summed E-state index contributed by atoms with van der Waals surface area (Å²) < 4.78 is 0. The van der Waals surface area contributed by atoms with E-state index in [1.165, 1.54) is 18.2 Å². The summed E-state index contributed by atoms with van der Waals surface area (Å²) in [4.78, 5) is 37.4. The number of hydrogen-bond donors (Lipinski definition) is 0. The minimum Gasteiger partial charge on any atom is -0.545 e. The summed E-state index contributed by atoms with van der Waals surface area (Å²) in [5, 5.41) is 11.1. The highest BCUT2D eigenvalue weighted by Crippen LogP contribution is 2.53. The number of carboxylic acids is 1. The largest absolute Gasteiger partial charge is 0.545 e. The molecule has 1 aromatic carbocycles. The fourth-order valence-corrected chi connectivity index (χ4v) is 4.16. The van der Waals surface area contributed by atoms with Crippen molar-refractivity contribution in [2.75, 3.05) is 4.90 Å². The van der Waals surface area contributed by atoms with Gasteiger partial charge < -0.3 is 9.90 Å². The first-order valence-corrected chi connectivity index (χ1v) is 7.44. The van der Waals surface area contributed by atoms with Crippen LogP contribution in [0.25, 0.3) is 0 Å². The Bertz CT molecular complexity index is 727. The molecule has 0 N–H and O–H groups in total. The van der Waals surface area contributed by atoms with E-state index in [9.17, 15) is 19.5 Å². The smallest absolute Gasteiger partial charge is 0.238 e. The van der Waals surface area contributed by atoms with Crippen LogP contribution in [0.5, 0.6) is 0 Å². The molecule has 5 nitrogen and oxygen atoms in total. The molecule has 1 saturated heterocycles. The third-order valence-electron chi connectivity index (χ3n) is 4.90. The summed E-state index contributed by atoms with van der Waals surface area (Å²) in [5.74, 6) is -2.34. The second-order valence-electron chi connectivity index (χ2n) is 5.96. The van der Waals surface area contributed by atoms with Gasteiger partial charge in [0.2, 0.25) is 11.8 Å². The normalized spacial score (nSPS) is 32.0. The zero-order valence-corrected chi connectivity index (χ0v) is 12.1. The third-order valence-corrected chi connectivity index (χ3v) is 5.23. The first-order valence-electron chi connectivity index (χ1n) is 7.06. The van der Waals surface area contributed by atoms with E-state index >= 15 is 0 Å². The molecule has 112 valence electrons. The molecule has 4 atom stereocenters. The Morgan fingerprint density at radius 3 is 2.27 bits per heavy atom. The van der Waals surface area contributed by atoms with Crippen molar-refractivity contribution in [2.24, 2.45) is 23.7 Å². The topological polar surface area (TPSA) is 77.5 Å². The van der Waals surface area contributed by atoms with Crippen LogP contribution in [0.1, 0.15) is 16.8 Å².